The van der Waals surface area contributed by atoms with Crippen LogP contribution in [0.3, 0.4) is 0 Å². The highest BCUT2D eigenvalue weighted by Gasteiger charge is 2.75. The summed E-state index contributed by atoms with van der Waals surface area (Å²) in [4.78, 5) is 0. The minimum Gasteiger partial charge on any atom is -0.285 e. The Labute approximate surface area is 74.5 Å². The fourth-order valence-electron chi connectivity index (χ4n) is 0.453. The normalized spacial score (nSPS) is 15.7. The van der Waals surface area contributed by atoms with Crippen molar-refractivity contribution in [3.63, 3.8) is 0 Å². The fourth-order valence-corrected chi connectivity index (χ4v) is 1.04. The number of hydrogen-bond acceptors (Lipinski definition) is 2. The van der Waals surface area contributed by atoms with E-state index in [0.29, 0.717) is 0 Å². The molecule has 86 valence electrons. The van der Waals surface area contributed by atoms with Crippen LogP contribution in [-0.4, -0.2) is 30.1 Å². The molecule has 0 rings (SSSR count). The fraction of sp³-hybridized carbons (Fsp3) is 1.00. The van der Waals surface area contributed by atoms with Gasteiger partial charge in [0.2, 0.25) is 0 Å². The molecule has 0 amide bonds. The van der Waals surface area contributed by atoms with Gasteiger partial charge < -0.3 is 0 Å². The molecular weight excluding hydrogens is 242 g/mol. The molecule has 3 nitrogen and oxygen atoms in total. The molecule has 1 N–H and O–H groups in total. The average molecular weight is 246 g/mol. The first kappa shape index (κ1) is 13.5. The Morgan fingerprint density at radius 1 is 0.929 bits per heavy atom. The molecule has 0 saturated carbocycles. The lowest BCUT2D eigenvalue weighted by Crippen LogP contribution is -2.59. The Morgan fingerprint density at radius 2 is 1.14 bits per heavy atom. The summed E-state index contributed by atoms with van der Waals surface area (Å²) in [5.41, 5.74) is 0. The van der Waals surface area contributed by atoms with Crippen molar-refractivity contribution in [2.45, 2.75) is 24.0 Å². The predicted octanol–water partition coefficient (Wildman–Crippen LogP) is 1.76. The quantitative estimate of drug-likeness (QED) is 0.566. The lowest BCUT2D eigenvalue weighted by Gasteiger charge is -2.30. The number of halogens is 6. The van der Waals surface area contributed by atoms with E-state index in [1.807, 2.05) is 0 Å². The van der Waals surface area contributed by atoms with Crippen molar-refractivity contribution in [1.29, 1.82) is 0 Å². The van der Waals surface area contributed by atoms with Gasteiger partial charge in [-0.2, -0.15) is 34.8 Å². The van der Waals surface area contributed by atoms with Crippen LogP contribution in [0.4, 0.5) is 26.3 Å². The molecule has 0 aromatic rings. The van der Waals surface area contributed by atoms with E-state index in [1.165, 1.54) is 0 Å². The van der Waals surface area contributed by atoms with Crippen molar-refractivity contribution in [3.8, 4) is 0 Å². The van der Waals surface area contributed by atoms with E-state index in [0.717, 1.165) is 0 Å². The highest BCUT2D eigenvalue weighted by atomic mass is 32.2. The van der Waals surface area contributed by atoms with E-state index in [1.54, 1.807) is 0 Å². The maximum Gasteiger partial charge on any atom is 0.419 e. The van der Waals surface area contributed by atoms with Crippen LogP contribution in [0, 0.1) is 0 Å². The van der Waals surface area contributed by atoms with Gasteiger partial charge in [0.25, 0.3) is 14.9 Å². The molecule has 0 unspecified atom stereocenters. The first-order chi connectivity index (χ1) is 5.75. The molecule has 0 aliphatic carbocycles. The summed E-state index contributed by atoms with van der Waals surface area (Å²) >= 11 is 0. The largest absolute Gasteiger partial charge is 0.419 e. The van der Waals surface area contributed by atoms with Crippen molar-refractivity contribution in [3.05, 3.63) is 0 Å². The van der Waals surface area contributed by atoms with Crippen molar-refractivity contribution < 1.29 is 39.3 Å². The topological polar surface area (TPSA) is 54.4 Å². The molecule has 0 aromatic heterocycles. The zero-order valence-electron chi connectivity index (χ0n) is 6.44. The maximum atomic E-state index is 11.8. The molecule has 0 radical (unpaired) electrons. The molecule has 0 bridgehead atoms. The molecule has 0 aliphatic rings. The second-order valence-corrected chi connectivity index (χ2v) is 4.27. The second-order valence-electron chi connectivity index (χ2n) is 2.50. The molecule has 14 heavy (non-hydrogen) atoms. The molecule has 0 atom stereocenters. The van der Waals surface area contributed by atoms with E-state index in [-0.39, 0.29) is 0 Å². The average Bonchev–Trinajstić information content (AvgIpc) is 1.77. The molecule has 0 fully saturated rings. The van der Waals surface area contributed by atoms with Gasteiger partial charge in [-0.1, -0.05) is 0 Å². The van der Waals surface area contributed by atoms with E-state index >= 15 is 0 Å². The molecule has 0 saturated heterocycles. The van der Waals surface area contributed by atoms with Gasteiger partial charge in [-0.15, -0.1) is 0 Å². The number of rotatable bonds is 1. The van der Waals surface area contributed by atoms with Gasteiger partial charge >= 0.3 is 12.4 Å². The van der Waals surface area contributed by atoms with Gasteiger partial charge in [0.1, 0.15) is 0 Å². The lowest BCUT2D eigenvalue weighted by molar-refractivity contribution is -0.263. The monoisotopic (exact) mass is 246 g/mol. The molecule has 10 heteroatoms. The summed E-state index contributed by atoms with van der Waals surface area (Å²) in [6.45, 7) is -0.650. The third kappa shape index (κ3) is 1.80. The minimum absolute atomic E-state index is 0.650. The van der Waals surface area contributed by atoms with Crippen molar-refractivity contribution in [1.82, 2.24) is 0 Å². The van der Waals surface area contributed by atoms with Crippen molar-refractivity contribution in [2.24, 2.45) is 0 Å². The summed E-state index contributed by atoms with van der Waals surface area (Å²) in [5.74, 6) is 0. The molecule has 0 aliphatic heterocycles. The third-order valence-electron chi connectivity index (χ3n) is 1.60. The van der Waals surface area contributed by atoms with Crippen LogP contribution in [0.2, 0.25) is 0 Å². The van der Waals surface area contributed by atoms with Crippen LogP contribution in [0.1, 0.15) is 6.92 Å². The summed E-state index contributed by atoms with van der Waals surface area (Å²) in [5, 5.41) is 0. The zero-order valence-corrected chi connectivity index (χ0v) is 7.26. The van der Waals surface area contributed by atoms with Gasteiger partial charge in [0, 0.05) is 0 Å². The van der Waals surface area contributed by atoms with Crippen LogP contribution in [-0.2, 0) is 10.1 Å². The summed E-state index contributed by atoms with van der Waals surface area (Å²) in [7, 11) is -6.33. The van der Waals surface area contributed by atoms with Crippen LogP contribution >= 0.6 is 0 Å². The van der Waals surface area contributed by atoms with Crippen LogP contribution in [0.5, 0.6) is 0 Å². The van der Waals surface area contributed by atoms with Crippen molar-refractivity contribution in [2.75, 3.05) is 0 Å². The SMILES string of the molecule is CC(C(F)(F)F)(C(F)(F)F)S(=O)(=O)O. The zero-order chi connectivity index (χ0) is 12.0. The summed E-state index contributed by atoms with van der Waals surface area (Å²) < 4.78 is 93.9. The van der Waals surface area contributed by atoms with Gasteiger partial charge in [0.05, 0.1) is 0 Å². The van der Waals surface area contributed by atoms with Crippen LogP contribution in [0.15, 0.2) is 0 Å². The highest BCUT2D eigenvalue weighted by molar-refractivity contribution is 7.87. The van der Waals surface area contributed by atoms with Gasteiger partial charge in [-0.3, -0.25) is 4.55 Å². The molecule has 0 aromatic carbocycles. The third-order valence-corrected chi connectivity index (χ3v) is 3.09. The Balaban J connectivity index is 5.81. The smallest absolute Gasteiger partial charge is 0.285 e. The van der Waals surface area contributed by atoms with Gasteiger partial charge in [-0.25, -0.2) is 0 Å². The Bertz CT molecular complexity index is 297. The molecule has 0 heterocycles. The molecular formula is C4H4F6O3S. The van der Waals surface area contributed by atoms with E-state index in [2.05, 4.69) is 0 Å². The minimum atomic E-state index is -6.33. The Hall–Kier alpha value is -0.510. The number of hydrogen-bond donors (Lipinski definition) is 1. The van der Waals surface area contributed by atoms with Crippen LogP contribution in [0.25, 0.3) is 0 Å². The van der Waals surface area contributed by atoms with E-state index in [9.17, 15) is 34.8 Å². The molecule has 0 spiro atoms. The number of alkyl halides is 6. The van der Waals surface area contributed by atoms with Gasteiger partial charge in [-0.05, 0) is 6.92 Å². The lowest BCUT2D eigenvalue weighted by atomic mass is 10.1. The Kier molecular flexibility index (Phi) is 2.88. The summed E-state index contributed by atoms with van der Waals surface area (Å²) in [6, 6.07) is 0. The van der Waals surface area contributed by atoms with E-state index < -0.39 is 34.1 Å². The van der Waals surface area contributed by atoms with Crippen molar-refractivity contribution >= 4 is 10.1 Å². The highest BCUT2D eigenvalue weighted by Crippen LogP contribution is 2.47. The standard InChI is InChI=1S/C4H4F6O3S/c1-2(3(5,6)7,4(8,9)10)14(11,12)13/h1H3,(H,11,12,13). The first-order valence-electron chi connectivity index (χ1n) is 2.85. The maximum absolute atomic E-state index is 11.8. The van der Waals surface area contributed by atoms with Crippen LogP contribution < -0.4 is 0 Å². The van der Waals surface area contributed by atoms with E-state index in [4.69, 9.17) is 4.55 Å². The predicted molar refractivity (Wildman–Crippen MR) is 32.1 cm³/mol. The first-order valence-corrected chi connectivity index (χ1v) is 4.29. The summed E-state index contributed by atoms with van der Waals surface area (Å²) in [6.07, 6.45) is -12.3. The Morgan fingerprint density at radius 3 is 1.14 bits per heavy atom. The van der Waals surface area contributed by atoms with Gasteiger partial charge in [0.15, 0.2) is 0 Å². The second kappa shape index (κ2) is 2.99.